The molecule has 0 fully saturated rings. The van der Waals surface area contributed by atoms with Crippen molar-refractivity contribution >= 4 is 33.9 Å². The molecule has 0 aliphatic rings. The number of nitro benzene ring substituents is 1. The smallest absolute Gasteiger partial charge is 0.345 e. The molecule has 7 heteroatoms. The lowest BCUT2D eigenvalue weighted by molar-refractivity contribution is -0.384. The molecule has 3 rings (SSSR count). The number of nitrogens with zero attached hydrogens (tertiary/aromatic N) is 2. The first-order valence-corrected chi connectivity index (χ1v) is 6.91. The van der Waals surface area contributed by atoms with Crippen molar-refractivity contribution in [1.29, 1.82) is 0 Å². The molecule has 2 aromatic heterocycles. The van der Waals surface area contributed by atoms with Crippen LogP contribution >= 0.6 is 11.3 Å². The van der Waals surface area contributed by atoms with Crippen molar-refractivity contribution in [3.05, 3.63) is 62.5 Å². The number of aromatic carboxylic acids is 1. The van der Waals surface area contributed by atoms with E-state index in [4.69, 9.17) is 5.11 Å². The first-order valence-electron chi connectivity index (χ1n) is 6.10. The Hall–Kier alpha value is -2.67. The standard InChI is InChI=1S/C14H10N2O4S/c17-14(18)13-4-3-11(21-13)8-15-6-5-9-1-2-10(16(19)20)7-12(9)15/h1-7H,8H2,(H,17,18). The number of carboxylic acids is 1. The van der Waals surface area contributed by atoms with E-state index in [2.05, 4.69) is 0 Å². The molecule has 0 unspecified atom stereocenters. The van der Waals surface area contributed by atoms with Gasteiger partial charge in [0.2, 0.25) is 0 Å². The second-order valence-electron chi connectivity index (χ2n) is 4.51. The first-order chi connectivity index (χ1) is 10.0. The minimum Gasteiger partial charge on any atom is -0.477 e. The Balaban J connectivity index is 1.97. The van der Waals surface area contributed by atoms with E-state index in [0.29, 0.717) is 6.54 Å². The largest absolute Gasteiger partial charge is 0.477 e. The molecule has 0 atom stereocenters. The third kappa shape index (κ3) is 2.50. The Morgan fingerprint density at radius 2 is 2.10 bits per heavy atom. The van der Waals surface area contributed by atoms with Crippen LogP contribution in [-0.4, -0.2) is 20.6 Å². The van der Waals surface area contributed by atoms with Crippen molar-refractivity contribution in [2.45, 2.75) is 6.54 Å². The summed E-state index contributed by atoms with van der Waals surface area (Å²) >= 11 is 1.20. The summed E-state index contributed by atoms with van der Waals surface area (Å²) in [7, 11) is 0. The summed E-state index contributed by atoms with van der Waals surface area (Å²) in [5.74, 6) is -0.945. The van der Waals surface area contributed by atoms with Gasteiger partial charge in [-0.15, -0.1) is 11.3 Å². The minimum atomic E-state index is -0.945. The van der Waals surface area contributed by atoms with Gasteiger partial charge in [0.15, 0.2) is 0 Å². The van der Waals surface area contributed by atoms with E-state index in [0.717, 1.165) is 15.8 Å². The zero-order valence-corrected chi connectivity index (χ0v) is 11.5. The summed E-state index contributed by atoms with van der Waals surface area (Å²) in [6, 6.07) is 9.92. The number of non-ortho nitro benzene ring substituents is 1. The molecule has 0 aliphatic heterocycles. The first kappa shape index (κ1) is 13.3. The topological polar surface area (TPSA) is 85.4 Å². The predicted molar refractivity (Wildman–Crippen MR) is 79.0 cm³/mol. The normalized spacial score (nSPS) is 10.9. The number of aromatic nitrogens is 1. The van der Waals surface area contributed by atoms with Gasteiger partial charge >= 0.3 is 5.97 Å². The number of benzene rings is 1. The van der Waals surface area contributed by atoms with Gasteiger partial charge in [0, 0.05) is 28.6 Å². The molecule has 0 amide bonds. The maximum Gasteiger partial charge on any atom is 0.345 e. The predicted octanol–water partition coefficient (Wildman–Crippen LogP) is 3.36. The van der Waals surface area contributed by atoms with E-state index < -0.39 is 10.9 Å². The third-order valence-electron chi connectivity index (χ3n) is 3.17. The maximum atomic E-state index is 10.9. The van der Waals surface area contributed by atoms with Gasteiger partial charge in [-0.25, -0.2) is 4.79 Å². The van der Waals surface area contributed by atoms with E-state index in [-0.39, 0.29) is 10.6 Å². The molecule has 1 aromatic carbocycles. The molecule has 6 nitrogen and oxygen atoms in total. The van der Waals surface area contributed by atoms with E-state index in [1.165, 1.54) is 23.5 Å². The summed E-state index contributed by atoms with van der Waals surface area (Å²) in [6.07, 6.45) is 1.84. The SMILES string of the molecule is O=C(O)c1ccc(Cn2ccc3ccc([N+](=O)[O-])cc32)s1. The number of rotatable bonds is 4. The lowest BCUT2D eigenvalue weighted by Gasteiger charge is -2.03. The lowest BCUT2D eigenvalue weighted by atomic mass is 10.2. The molecule has 21 heavy (non-hydrogen) atoms. The van der Waals surface area contributed by atoms with Crippen molar-refractivity contribution in [1.82, 2.24) is 4.57 Å². The van der Waals surface area contributed by atoms with Gasteiger partial charge in [0.25, 0.3) is 5.69 Å². The molecule has 0 saturated heterocycles. The van der Waals surface area contributed by atoms with Crippen LogP contribution < -0.4 is 0 Å². The van der Waals surface area contributed by atoms with Crippen molar-refractivity contribution in [3.63, 3.8) is 0 Å². The fourth-order valence-corrected chi connectivity index (χ4v) is 3.02. The zero-order chi connectivity index (χ0) is 15.0. The molecule has 2 heterocycles. The highest BCUT2D eigenvalue weighted by molar-refractivity contribution is 7.13. The maximum absolute atomic E-state index is 10.9. The molecular formula is C14H10N2O4S. The Labute approximate surface area is 123 Å². The fourth-order valence-electron chi connectivity index (χ4n) is 2.17. The molecule has 0 aliphatic carbocycles. The highest BCUT2D eigenvalue weighted by atomic mass is 32.1. The van der Waals surface area contributed by atoms with Crippen LogP contribution in [0.3, 0.4) is 0 Å². The van der Waals surface area contributed by atoms with Crippen LogP contribution in [0.4, 0.5) is 5.69 Å². The summed E-state index contributed by atoms with van der Waals surface area (Å²) in [5.41, 5.74) is 0.800. The van der Waals surface area contributed by atoms with Gasteiger partial charge in [-0.05, 0) is 24.3 Å². The minimum absolute atomic E-state index is 0.0415. The molecule has 0 saturated carbocycles. The number of carbonyl (C=O) groups is 1. The van der Waals surface area contributed by atoms with Gasteiger partial charge in [0.05, 0.1) is 17.0 Å². The zero-order valence-electron chi connectivity index (χ0n) is 10.7. The number of thiophene rings is 1. The van der Waals surface area contributed by atoms with Crippen LogP contribution in [0.5, 0.6) is 0 Å². The Morgan fingerprint density at radius 1 is 1.29 bits per heavy atom. The van der Waals surface area contributed by atoms with Crippen LogP contribution in [-0.2, 0) is 6.54 Å². The van der Waals surface area contributed by atoms with Gasteiger partial charge in [-0.3, -0.25) is 10.1 Å². The Bertz CT molecular complexity index is 850. The third-order valence-corrected chi connectivity index (χ3v) is 4.22. The molecule has 0 spiro atoms. The van der Waals surface area contributed by atoms with Crippen LogP contribution in [0, 0.1) is 10.1 Å². The van der Waals surface area contributed by atoms with Crippen molar-refractivity contribution in [2.24, 2.45) is 0 Å². The second-order valence-corrected chi connectivity index (χ2v) is 5.68. The lowest BCUT2D eigenvalue weighted by Crippen LogP contribution is -1.96. The van der Waals surface area contributed by atoms with Crippen LogP contribution in [0.2, 0.25) is 0 Å². The Morgan fingerprint density at radius 3 is 2.76 bits per heavy atom. The van der Waals surface area contributed by atoms with Gasteiger partial charge in [-0.2, -0.15) is 0 Å². The van der Waals surface area contributed by atoms with Gasteiger partial charge in [0.1, 0.15) is 4.88 Å². The van der Waals surface area contributed by atoms with E-state index in [9.17, 15) is 14.9 Å². The summed E-state index contributed by atoms with van der Waals surface area (Å²) in [5, 5.41) is 20.7. The molecular weight excluding hydrogens is 292 g/mol. The number of hydrogen-bond donors (Lipinski definition) is 1. The quantitative estimate of drug-likeness (QED) is 0.591. The van der Waals surface area contributed by atoms with Crippen LogP contribution in [0.25, 0.3) is 10.9 Å². The average Bonchev–Trinajstić information content (AvgIpc) is 3.06. The summed E-state index contributed by atoms with van der Waals surface area (Å²) in [4.78, 5) is 22.5. The monoisotopic (exact) mass is 302 g/mol. The van der Waals surface area contributed by atoms with Crippen LogP contribution in [0.1, 0.15) is 14.5 Å². The van der Waals surface area contributed by atoms with E-state index in [1.54, 1.807) is 18.2 Å². The number of fused-ring (bicyclic) bond motifs is 1. The summed E-state index contributed by atoms with van der Waals surface area (Å²) < 4.78 is 1.87. The molecule has 106 valence electrons. The number of nitro groups is 1. The highest BCUT2D eigenvalue weighted by Crippen LogP contribution is 2.24. The summed E-state index contributed by atoms with van der Waals surface area (Å²) in [6.45, 7) is 0.489. The van der Waals surface area contributed by atoms with Gasteiger partial charge < -0.3 is 9.67 Å². The van der Waals surface area contributed by atoms with E-state index in [1.807, 2.05) is 16.8 Å². The number of carboxylic acid groups (broad SMARTS) is 1. The van der Waals surface area contributed by atoms with Gasteiger partial charge in [-0.1, -0.05) is 0 Å². The van der Waals surface area contributed by atoms with Crippen molar-refractivity contribution < 1.29 is 14.8 Å². The molecule has 3 aromatic rings. The highest BCUT2D eigenvalue weighted by Gasteiger charge is 2.11. The second kappa shape index (κ2) is 5.02. The average molecular weight is 302 g/mol. The Kier molecular flexibility index (Phi) is 3.19. The fraction of sp³-hybridized carbons (Fsp3) is 0.0714. The van der Waals surface area contributed by atoms with Crippen molar-refractivity contribution in [3.8, 4) is 0 Å². The van der Waals surface area contributed by atoms with E-state index >= 15 is 0 Å². The van der Waals surface area contributed by atoms with Crippen molar-refractivity contribution in [2.75, 3.05) is 0 Å². The molecule has 0 bridgehead atoms. The number of hydrogen-bond acceptors (Lipinski definition) is 4. The molecule has 1 N–H and O–H groups in total. The molecule has 0 radical (unpaired) electrons. The van der Waals surface area contributed by atoms with Crippen LogP contribution in [0.15, 0.2) is 42.6 Å².